The van der Waals surface area contributed by atoms with Gasteiger partial charge in [-0.05, 0) is 12.5 Å². The highest BCUT2D eigenvalue weighted by molar-refractivity contribution is 7.82. The Kier molecular flexibility index (Phi) is 3.80. The summed E-state index contributed by atoms with van der Waals surface area (Å²) in [5.41, 5.74) is 10.8. The molecule has 88 valence electrons. The van der Waals surface area contributed by atoms with E-state index in [1.807, 2.05) is 6.07 Å². The van der Waals surface area contributed by atoms with Crippen LogP contribution >= 0.6 is 20.2 Å². The van der Waals surface area contributed by atoms with Gasteiger partial charge in [0, 0.05) is 0 Å². The van der Waals surface area contributed by atoms with Crippen LogP contribution in [0.3, 0.4) is 0 Å². The maximum atomic E-state index is 11.8. The van der Waals surface area contributed by atoms with Gasteiger partial charge in [-0.15, -0.1) is 0 Å². The molecule has 0 fully saturated rings. The Morgan fingerprint density at radius 3 is 2.31 bits per heavy atom. The summed E-state index contributed by atoms with van der Waals surface area (Å²) < 4.78 is 9.96. The fourth-order valence-corrected chi connectivity index (χ4v) is 2.00. The second kappa shape index (κ2) is 4.59. The lowest BCUT2D eigenvalue weighted by atomic mass is 10.00. The molecule has 0 spiro atoms. The zero-order valence-corrected chi connectivity index (χ0v) is 10.5. The van der Waals surface area contributed by atoms with Crippen LogP contribution in [-0.4, -0.2) is 5.91 Å². The molecule has 0 aliphatic heterocycles. The molecule has 1 aromatic carbocycles. The third kappa shape index (κ3) is 3.35. The third-order valence-electron chi connectivity index (χ3n) is 2.05. The SMILES string of the molecule is CC(S)(C(=O)NP(N)(N)=O)c1ccccc1. The van der Waals surface area contributed by atoms with Gasteiger partial charge in [0.05, 0.1) is 0 Å². The number of amides is 1. The fourth-order valence-electron chi connectivity index (χ4n) is 1.16. The number of nitrogens with two attached hydrogens (primary N) is 2. The van der Waals surface area contributed by atoms with E-state index in [4.69, 9.17) is 11.0 Å². The number of nitrogens with one attached hydrogen (secondary N) is 1. The summed E-state index contributed by atoms with van der Waals surface area (Å²) in [5.74, 6) is -0.588. The van der Waals surface area contributed by atoms with E-state index in [9.17, 15) is 9.36 Å². The second-order valence-corrected chi connectivity index (χ2v) is 6.13. The molecule has 0 bridgehead atoms. The molecule has 1 unspecified atom stereocenters. The van der Waals surface area contributed by atoms with E-state index in [0.29, 0.717) is 5.56 Å². The van der Waals surface area contributed by atoms with Crippen LogP contribution in [0.25, 0.3) is 0 Å². The number of rotatable bonds is 3. The molecule has 16 heavy (non-hydrogen) atoms. The molecule has 0 saturated heterocycles. The minimum atomic E-state index is -3.59. The summed E-state index contributed by atoms with van der Waals surface area (Å²) in [5, 5.41) is 2.05. The van der Waals surface area contributed by atoms with Crippen LogP contribution in [0.4, 0.5) is 0 Å². The normalized spacial score (nSPS) is 15.2. The summed E-state index contributed by atoms with van der Waals surface area (Å²) in [4.78, 5) is 11.8. The van der Waals surface area contributed by atoms with Crippen molar-refractivity contribution in [1.29, 1.82) is 0 Å². The molecule has 5 N–H and O–H groups in total. The van der Waals surface area contributed by atoms with Crippen molar-refractivity contribution in [2.45, 2.75) is 11.7 Å². The zero-order chi connectivity index (χ0) is 12.4. The van der Waals surface area contributed by atoms with Crippen LogP contribution in [0.15, 0.2) is 30.3 Å². The van der Waals surface area contributed by atoms with Gasteiger partial charge in [0.1, 0.15) is 4.75 Å². The zero-order valence-electron chi connectivity index (χ0n) is 8.75. The van der Waals surface area contributed by atoms with Crippen molar-refractivity contribution in [3.05, 3.63) is 35.9 Å². The van der Waals surface area contributed by atoms with Crippen molar-refractivity contribution in [3.8, 4) is 0 Å². The average Bonchev–Trinajstić information content (AvgIpc) is 2.16. The van der Waals surface area contributed by atoms with E-state index >= 15 is 0 Å². The Bertz CT molecular complexity index is 430. The van der Waals surface area contributed by atoms with E-state index in [2.05, 4.69) is 17.7 Å². The minimum absolute atomic E-state index is 0.588. The third-order valence-corrected chi connectivity index (χ3v) is 3.07. The van der Waals surface area contributed by atoms with Crippen LogP contribution in [0.1, 0.15) is 12.5 Å². The largest absolute Gasteiger partial charge is 0.300 e. The van der Waals surface area contributed by atoms with Crippen LogP contribution in [-0.2, 0) is 14.1 Å². The van der Waals surface area contributed by atoms with E-state index in [1.165, 1.54) is 0 Å². The highest BCUT2D eigenvalue weighted by Gasteiger charge is 2.33. The molecule has 7 heteroatoms. The Balaban J connectivity index is 2.95. The number of hydrogen-bond acceptors (Lipinski definition) is 3. The number of carbonyl (C=O) groups is 1. The molecule has 1 aromatic rings. The predicted molar refractivity (Wildman–Crippen MR) is 66.9 cm³/mol. The van der Waals surface area contributed by atoms with Crippen molar-refractivity contribution in [2.75, 3.05) is 0 Å². The smallest absolute Gasteiger partial charge is 0.282 e. The molecule has 0 saturated carbocycles. The quantitative estimate of drug-likeness (QED) is 0.480. The molecular weight excluding hydrogens is 245 g/mol. The van der Waals surface area contributed by atoms with Gasteiger partial charge < -0.3 is 0 Å². The number of benzene rings is 1. The Morgan fingerprint density at radius 1 is 1.38 bits per heavy atom. The molecule has 1 amide bonds. The summed E-state index contributed by atoms with van der Waals surface area (Å²) in [6, 6.07) is 8.86. The standard InChI is InChI=1S/C9H14N3O2PS/c1-9(16,7-5-3-2-4-6-7)8(13)12-15(10,11)14/h2-6,16H,1H3,(H5,10,11,12,13,14). The van der Waals surface area contributed by atoms with Gasteiger partial charge in [-0.25, -0.2) is 0 Å². The van der Waals surface area contributed by atoms with Gasteiger partial charge in [0.2, 0.25) is 5.91 Å². The summed E-state index contributed by atoms with van der Waals surface area (Å²) in [7, 11) is -3.59. The van der Waals surface area contributed by atoms with Crippen molar-refractivity contribution in [3.63, 3.8) is 0 Å². The molecule has 1 atom stereocenters. The first-order valence-corrected chi connectivity index (χ1v) is 6.80. The highest BCUT2D eigenvalue weighted by Crippen LogP contribution is 2.31. The monoisotopic (exact) mass is 259 g/mol. The van der Waals surface area contributed by atoms with Crippen LogP contribution in [0.2, 0.25) is 0 Å². The first-order chi connectivity index (χ1) is 7.23. The van der Waals surface area contributed by atoms with Gasteiger partial charge in [-0.1, -0.05) is 30.3 Å². The summed E-state index contributed by atoms with van der Waals surface area (Å²) >= 11 is 4.24. The van der Waals surface area contributed by atoms with Crippen LogP contribution in [0, 0.1) is 0 Å². The molecular formula is C9H14N3O2PS. The van der Waals surface area contributed by atoms with E-state index in [1.54, 1.807) is 31.2 Å². The number of thiol groups is 1. The Labute approximate surface area is 99.5 Å². The first kappa shape index (κ1) is 13.3. The topological polar surface area (TPSA) is 98.2 Å². The van der Waals surface area contributed by atoms with Gasteiger partial charge in [-0.3, -0.25) is 25.5 Å². The molecule has 1 rings (SSSR count). The van der Waals surface area contributed by atoms with Crippen LogP contribution in [0.5, 0.6) is 0 Å². The summed E-state index contributed by atoms with van der Waals surface area (Å²) in [6.45, 7) is 1.58. The average molecular weight is 259 g/mol. The van der Waals surface area contributed by atoms with Gasteiger partial charge in [0.25, 0.3) is 7.59 Å². The molecule has 0 aromatic heterocycles. The molecule has 0 aliphatic carbocycles. The lowest BCUT2D eigenvalue weighted by molar-refractivity contribution is -0.121. The van der Waals surface area contributed by atoms with Gasteiger partial charge >= 0.3 is 0 Å². The number of carbonyl (C=O) groups excluding carboxylic acids is 1. The minimum Gasteiger partial charge on any atom is -0.282 e. The maximum absolute atomic E-state index is 11.8. The first-order valence-electron chi connectivity index (χ1n) is 4.51. The lowest BCUT2D eigenvalue weighted by Crippen LogP contribution is -2.39. The van der Waals surface area contributed by atoms with Crippen molar-refractivity contribution in [2.24, 2.45) is 11.0 Å². The molecule has 5 nitrogen and oxygen atoms in total. The molecule has 0 radical (unpaired) electrons. The fraction of sp³-hybridized carbons (Fsp3) is 0.222. The lowest BCUT2D eigenvalue weighted by Gasteiger charge is -2.24. The summed E-state index contributed by atoms with van der Waals surface area (Å²) in [6.07, 6.45) is 0. The van der Waals surface area contributed by atoms with E-state index in [0.717, 1.165) is 0 Å². The van der Waals surface area contributed by atoms with E-state index < -0.39 is 18.2 Å². The Morgan fingerprint density at radius 2 is 1.88 bits per heavy atom. The van der Waals surface area contributed by atoms with E-state index in [-0.39, 0.29) is 0 Å². The maximum Gasteiger partial charge on any atom is 0.300 e. The number of hydrogen-bond donors (Lipinski definition) is 4. The van der Waals surface area contributed by atoms with Crippen molar-refractivity contribution < 1.29 is 9.36 Å². The van der Waals surface area contributed by atoms with Crippen molar-refractivity contribution >= 4 is 26.1 Å². The van der Waals surface area contributed by atoms with Gasteiger partial charge in [-0.2, -0.15) is 12.6 Å². The molecule has 0 heterocycles. The Hall–Kier alpha value is -0.810. The molecule has 0 aliphatic rings. The van der Waals surface area contributed by atoms with Crippen LogP contribution < -0.4 is 16.1 Å². The second-order valence-electron chi connectivity index (χ2n) is 3.59. The van der Waals surface area contributed by atoms with Crippen molar-refractivity contribution in [1.82, 2.24) is 5.09 Å². The van der Waals surface area contributed by atoms with Gasteiger partial charge in [0.15, 0.2) is 0 Å². The highest BCUT2D eigenvalue weighted by atomic mass is 32.1. The predicted octanol–water partition coefficient (Wildman–Crippen LogP) is 0.973.